The summed E-state index contributed by atoms with van der Waals surface area (Å²) >= 11 is 0. The summed E-state index contributed by atoms with van der Waals surface area (Å²) in [7, 11) is 1.72. The van der Waals surface area contributed by atoms with Crippen molar-refractivity contribution >= 4 is 39.3 Å². The standard InChI is InChI=1S/C33H30N2O4/c1-33(2,3)39-32(36)35(4)19-18-27-34-25-20-26-29-23(16-11-17-24(29)31(25)38-27)28(21-12-7-5-8-13-21)30(37-26)22-14-9-6-10-15-22/h5-17,20H,18-19H2,1-4H3. The number of aromatic nitrogens is 1. The molecule has 1 amide bonds. The van der Waals surface area contributed by atoms with E-state index in [-0.39, 0.29) is 6.09 Å². The lowest BCUT2D eigenvalue weighted by Gasteiger charge is -2.25. The Hall–Kier alpha value is -4.58. The molecule has 1 aliphatic rings. The quantitative estimate of drug-likeness (QED) is 0.239. The topological polar surface area (TPSA) is 64.8 Å². The molecule has 0 atom stereocenters. The normalized spacial score (nSPS) is 13.0. The number of amides is 1. The lowest BCUT2D eigenvalue weighted by atomic mass is 9.88. The number of carbonyl (C=O) groups is 1. The lowest BCUT2D eigenvalue weighted by molar-refractivity contribution is 0.0299. The minimum absolute atomic E-state index is 0.372. The Morgan fingerprint density at radius 3 is 2.31 bits per heavy atom. The summed E-state index contributed by atoms with van der Waals surface area (Å²) in [4.78, 5) is 18.7. The van der Waals surface area contributed by atoms with Crippen LogP contribution in [0.3, 0.4) is 0 Å². The predicted molar refractivity (Wildman–Crippen MR) is 154 cm³/mol. The number of ether oxygens (including phenoxy) is 2. The van der Waals surface area contributed by atoms with Crippen LogP contribution in [0.5, 0.6) is 5.75 Å². The molecule has 5 aromatic rings. The van der Waals surface area contributed by atoms with Gasteiger partial charge in [0.1, 0.15) is 22.6 Å². The second-order valence-corrected chi connectivity index (χ2v) is 10.7. The average Bonchev–Trinajstić information content (AvgIpc) is 3.35. The maximum Gasteiger partial charge on any atom is 0.410 e. The van der Waals surface area contributed by atoms with Gasteiger partial charge in [-0.15, -0.1) is 0 Å². The smallest absolute Gasteiger partial charge is 0.410 e. The molecule has 6 rings (SSSR count). The van der Waals surface area contributed by atoms with Gasteiger partial charge in [-0.2, -0.15) is 0 Å². The highest BCUT2D eigenvalue weighted by Gasteiger charge is 2.27. The molecular weight excluding hydrogens is 488 g/mol. The van der Waals surface area contributed by atoms with Crippen LogP contribution in [0.1, 0.15) is 43.4 Å². The molecule has 0 fully saturated rings. The highest BCUT2D eigenvalue weighted by Crippen LogP contribution is 2.47. The zero-order chi connectivity index (χ0) is 27.1. The number of oxazole rings is 1. The van der Waals surface area contributed by atoms with Crippen molar-refractivity contribution in [3.8, 4) is 5.75 Å². The van der Waals surface area contributed by atoms with Crippen LogP contribution >= 0.6 is 0 Å². The SMILES string of the molecule is CN(CCc1nc2cc3c4c(cccc4c2o1)C(c1ccccc1)=C(c1ccccc1)O3)C(=O)OC(C)(C)C. The molecule has 2 heterocycles. The summed E-state index contributed by atoms with van der Waals surface area (Å²) in [6, 6.07) is 28.7. The molecule has 0 saturated carbocycles. The van der Waals surface area contributed by atoms with E-state index in [1.807, 2.05) is 69.3 Å². The van der Waals surface area contributed by atoms with Crippen LogP contribution < -0.4 is 4.74 Å². The molecule has 6 heteroatoms. The van der Waals surface area contributed by atoms with E-state index in [1.54, 1.807) is 11.9 Å². The van der Waals surface area contributed by atoms with Gasteiger partial charge < -0.3 is 18.8 Å². The van der Waals surface area contributed by atoms with Crippen LogP contribution in [-0.2, 0) is 11.2 Å². The average molecular weight is 519 g/mol. The predicted octanol–water partition coefficient (Wildman–Crippen LogP) is 7.70. The third-order valence-corrected chi connectivity index (χ3v) is 6.69. The Labute approximate surface area is 227 Å². The molecule has 0 spiro atoms. The van der Waals surface area contributed by atoms with E-state index in [2.05, 4.69) is 36.4 Å². The third-order valence-electron chi connectivity index (χ3n) is 6.69. The summed E-state index contributed by atoms with van der Waals surface area (Å²) in [5.74, 6) is 2.12. The highest BCUT2D eigenvalue weighted by molar-refractivity contribution is 6.16. The monoisotopic (exact) mass is 518 g/mol. The Kier molecular flexibility index (Phi) is 6.10. The Balaban J connectivity index is 1.42. The van der Waals surface area contributed by atoms with Crippen LogP contribution in [0.2, 0.25) is 0 Å². The first-order valence-corrected chi connectivity index (χ1v) is 13.1. The first-order valence-electron chi connectivity index (χ1n) is 13.1. The van der Waals surface area contributed by atoms with Gasteiger partial charge in [0.2, 0.25) is 0 Å². The largest absolute Gasteiger partial charge is 0.455 e. The van der Waals surface area contributed by atoms with Crippen molar-refractivity contribution in [2.24, 2.45) is 0 Å². The summed E-state index contributed by atoms with van der Waals surface area (Å²) < 4.78 is 18.4. The van der Waals surface area contributed by atoms with Crippen LogP contribution in [0.4, 0.5) is 4.79 Å². The van der Waals surface area contributed by atoms with E-state index in [0.29, 0.717) is 24.4 Å². The van der Waals surface area contributed by atoms with Crippen LogP contribution in [0, 0.1) is 0 Å². The number of carbonyl (C=O) groups excluding carboxylic acids is 1. The summed E-state index contributed by atoms with van der Waals surface area (Å²) in [5, 5.41) is 1.94. The number of rotatable bonds is 5. The fourth-order valence-corrected chi connectivity index (χ4v) is 4.93. The molecule has 1 aromatic heterocycles. The minimum atomic E-state index is -0.548. The Morgan fingerprint density at radius 1 is 0.923 bits per heavy atom. The van der Waals surface area contributed by atoms with Gasteiger partial charge in [-0.1, -0.05) is 78.9 Å². The Morgan fingerprint density at radius 2 is 1.62 bits per heavy atom. The first kappa shape index (κ1) is 24.7. The van der Waals surface area contributed by atoms with Gasteiger partial charge in [-0.25, -0.2) is 9.78 Å². The lowest BCUT2D eigenvalue weighted by Crippen LogP contribution is -2.35. The molecule has 0 aliphatic carbocycles. The molecule has 4 aromatic carbocycles. The van der Waals surface area contributed by atoms with Gasteiger partial charge in [-0.05, 0) is 31.9 Å². The van der Waals surface area contributed by atoms with E-state index in [0.717, 1.165) is 50.1 Å². The minimum Gasteiger partial charge on any atom is -0.455 e. The molecule has 0 radical (unpaired) electrons. The molecular formula is C33H30N2O4. The van der Waals surface area contributed by atoms with E-state index >= 15 is 0 Å². The van der Waals surface area contributed by atoms with Gasteiger partial charge in [0.15, 0.2) is 11.5 Å². The number of nitrogens with zero attached hydrogens (tertiary/aromatic N) is 2. The number of hydrogen-bond donors (Lipinski definition) is 0. The number of fused-ring (bicyclic) bond motifs is 2. The molecule has 1 aliphatic heterocycles. The van der Waals surface area contributed by atoms with Crippen molar-refractivity contribution in [3.63, 3.8) is 0 Å². The molecule has 0 saturated heterocycles. The van der Waals surface area contributed by atoms with Crippen molar-refractivity contribution in [1.29, 1.82) is 0 Å². The molecule has 196 valence electrons. The van der Waals surface area contributed by atoms with Crippen molar-refractivity contribution in [2.45, 2.75) is 32.8 Å². The van der Waals surface area contributed by atoms with Gasteiger partial charge in [-0.3, -0.25) is 0 Å². The second kappa shape index (κ2) is 9.62. The Bertz CT molecular complexity index is 1710. The van der Waals surface area contributed by atoms with Crippen molar-refractivity contribution < 1.29 is 18.7 Å². The molecule has 0 unspecified atom stereocenters. The number of hydrogen-bond acceptors (Lipinski definition) is 5. The molecule has 39 heavy (non-hydrogen) atoms. The van der Waals surface area contributed by atoms with Crippen molar-refractivity contribution in [3.05, 3.63) is 108 Å². The fraction of sp³-hybridized carbons (Fsp3) is 0.212. The maximum absolute atomic E-state index is 12.4. The van der Waals surface area contributed by atoms with Gasteiger partial charge >= 0.3 is 6.09 Å². The maximum atomic E-state index is 12.4. The zero-order valence-electron chi connectivity index (χ0n) is 22.5. The summed E-state index contributed by atoms with van der Waals surface area (Å²) in [6.45, 7) is 5.98. The first-order chi connectivity index (χ1) is 18.8. The van der Waals surface area contributed by atoms with Crippen LogP contribution in [-0.4, -0.2) is 35.2 Å². The second-order valence-electron chi connectivity index (χ2n) is 10.7. The molecule has 0 bridgehead atoms. The third kappa shape index (κ3) is 4.74. The highest BCUT2D eigenvalue weighted by atomic mass is 16.6. The van der Waals surface area contributed by atoms with Crippen molar-refractivity contribution in [1.82, 2.24) is 9.88 Å². The van der Waals surface area contributed by atoms with Crippen molar-refractivity contribution in [2.75, 3.05) is 13.6 Å². The molecule has 6 nitrogen and oxygen atoms in total. The summed E-state index contributed by atoms with van der Waals surface area (Å²) in [5.41, 5.74) is 5.10. The van der Waals surface area contributed by atoms with Gasteiger partial charge in [0, 0.05) is 48.0 Å². The van der Waals surface area contributed by atoms with Gasteiger partial charge in [0.25, 0.3) is 0 Å². The fourth-order valence-electron chi connectivity index (χ4n) is 4.93. The number of benzene rings is 4. The van der Waals surface area contributed by atoms with E-state index < -0.39 is 5.60 Å². The van der Waals surface area contributed by atoms with E-state index in [4.69, 9.17) is 18.9 Å². The van der Waals surface area contributed by atoms with Gasteiger partial charge in [0.05, 0.1) is 0 Å². The molecule has 0 N–H and O–H groups in total. The summed E-state index contributed by atoms with van der Waals surface area (Å²) in [6.07, 6.45) is 0.0909. The van der Waals surface area contributed by atoms with Crippen LogP contribution in [0.15, 0.2) is 89.3 Å². The van der Waals surface area contributed by atoms with E-state index in [1.165, 1.54) is 0 Å². The van der Waals surface area contributed by atoms with Crippen LogP contribution in [0.25, 0.3) is 33.2 Å². The zero-order valence-corrected chi connectivity index (χ0v) is 22.5. The number of likely N-dealkylation sites (N-methyl/N-ethyl adjacent to an activating group) is 1. The van der Waals surface area contributed by atoms with E-state index in [9.17, 15) is 4.79 Å².